The number of hydrogen-bond donors (Lipinski definition) is 1. The first-order valence-electron chi connectivity index (χ1n) is 6.38. The van der Waals surface area contributed by atoms with E-state index < -0.39 is 9.85 Å². The maximum atomic E-state index is 13.0. The molecule has 2 rings (SSSR count). The van der Waals surface area contributed by atoms with E-state index >= 15 is 0 Å². The third kappa shape index (κ3) is 3.75. The Kier molecular flexibility index (Phi) is 4.62. The molecular weight excluding hydrogens is 293 g/mol. The average molecular weight is 305 g/mol. The van der Waals surface area contributed by atoms with Gasteiger partial charge in [-0.15, -0.1) is 0 Å². The van der Waals surface area contributed by atoms with Gasteiger partial charge in [0.25, 0.3) is 11.4 Å². The van der Waals surface area contributed by atoms with E-state index in [0.29, 0.717) is 13.0 Å². The first kappa shape index (κ1) is 15.4. The SMILES string of the molecule is O=[N+]([O-])c1ccc(NCCc2cccc(F)c2)c([N+](=O)[O-])c1. The lowest BCUT2D eigenvalue weighted by Gasteiger charge is -2.07. The third-order valence-corrected chi connectivity index (χ3v) is 3.01. The molecule has 8 heteroatoms. The number of anilines is 1. The topological polar surface area (TPSA) is 98.3 Å². The first-order chi connectivity index (χ1) is 10.5. The second kappa shape index (κ2) is 6.61. The van der Waals surface area contributed by atoms with Gasteiger partial charge < -0.3 is 5.32 Å². The van der Waals surface area contributed by atoms with E-state index in [1.54, 1.807) is 12.1 Å². The fourth-order valence-corrected chi connectivity index (χ4v) is 1.97. The number of benzene rings is 2. The van der Waals surface area contributed by atoms with Gasteiger partial charge in [0.2, 0.25) is 0 Å². The molecule has 2 aromatic carbocycles. The monoisotopic (exact) mass is 305 g/mol. The minimum atomic E-state index is -0.691. The molecule has 0 aliphatic carbocycles. The van der Waals surface area contributed by atoms with Crippen LogP contribution in [0, 0.1) is 26.0 Å². The summed E-state index contributed by atoms with van der Waals surface area (Å²) in [4.78, 5) is 20.2. The van der Waals surface area contributed by atoms with E-state index in [-0.39, 0.29) is 22.9 Å². The van der Waals surface area contributed by atoms with Gasteiger partial charge in [-0.25, -0.2) is 4.39 Å². The summed E-state index contributed by atoms with van der Waals surface area (Å²) in [7, 11) is 0. The van der Waals surface area contributed by atoms with Gasteiger partial charge in [0.15, 0.2) is 0 Å². The molecule has 0 unspecified atom stereocenters. The van der Waals surface area contributed by atoms with Crippen LogP contribution in [-0.2, 0) is 6.42 Å². The van der Waals surface area contributed by atoms with Crippen molar-refractivity contribution in [3.05, 3.63) is 74.1 Å². The Morgan fingerprint density at radius 3 is 2.45 bits per heavy atom. The van der Waals surface area contributed by atoms with Gasteiger partial charge in [-0.1, -0.05) is 12.1 Å². The van der Waals surface area contributed by atoms with Gasteiger partial charge in [0.1, 0.15) is 11.5 Å². The van der Waals surface area contributed by atoms with Crippen molar-refractivity contribution in [2.24, 2.45) is 0 Å². The van der Waals surface area contributed by atoms with Crippen molar-refractivity contribution >= 4 is 17.1 Å². The van der Waals surface area contributed by atoms with Gasteiger partial charge >= 0.3 is 0 Å². The Labute approximate surface area is 124 Å². The summed E-state index contributed by atoms with van der Waals surface area (Å²) in [6.45, 7) is 0.335. The molecule has 0 saturated heterocycles. The highest BCUT2D eigenvalue weighted by Gasteiger charge is 2.18. The summed E-state index contributed by atoms with van der Waals surface area (Å²) < 4.78 is 13.0. The van der Waals surface area contributed by atoms with Crippen LogP contribution in [0.15, 0.2) is 42.5 Å². The van der Waals surface area contributed by atoms with Gasteiger partial charge in [0, 0.05) is 12.6 Å². The van der Waals surface area contributed by atoms with Gasteiger partial charge in [-0.05, 0) is 30.2 Å². The first-order valence-corrected chi connectivity index (χ1v) is 6.38. The minimum Gasteiger partial charge on any atom is -0.379 e. The van der Waals surface area contributed by atoms with Crippen molar-refractivity contribution in [1.29, 1.82) is 0 Å². The Morgan fingerprint density at radius 1 is 1.05 bits per heavy atom. The molecule has 0 heterocycles. The van der Waals surface area contributed by atoms with E-state index in [0.717, 1.165) is 11.6 Å². The van der Waals surface area contributed by atoms with Crippen LogP contribution >= 0.6 is 0 Å². The molecule has 0 bridgehead atoms. The number of rotatable bonds is 6. The van der Waals surface area contributed by atoms with E-state index in [9.17, 15) is 24.6 Å². The summed E-state index contributed by atoms with van der Waals surface area (Å²) >= 11 is 0. The molecular formula is C14H12FN3O4. The molecule has 0 radical (unpaired) electrons. The summed E-state index contributed by atoms with van der Waals surface area (Å²) in [6.07, 6.45) is 0.464. The lowest BCUT2D eigenvalue weighted by atomic mass is 10.1. The molecule has 0 amide bonds. The molecule has 2 aromatic rings. The number of nitro groups is 2. The van der Waals surface area contributed by atoms with Crippen LogP contribution in [0.25, 0.3) is 0 Å². The normalized spacial score (nSPS) is 10.2. The number of nitrogens with zero attached hydrogens (tertiary/aromatic N) is 2. The van der Waals surface area contributed by atoms with Crippen LogP contribution in [0.5, 0.6) is 0 Å². The number of non-ortho nitro benzene ring substituents is 1. The zero-order chi connectivity index (χ0) is 16.1. The van der Waals surface area contributed by atoms with Crippen LogP contribution in [0.1, 0.15) is 5.56 Å². The Hall–Kier alpha value is -3.03. The van der Waals surface area contributed by atoms with Gasteiger partial charge in [-0.3, -0.25) is 20.2 Å². The minimum absolute atomic E-state index is 0.187. The molecule has 22 heavy (non-hydrogen) atoms. The molecule has 0 aliphatic heterocycles. The second-order valence-electron chi connectivity index (χ2n) is 4.52. The standard InChI is InChI=1S/C14H12FN3O4/c15-11-3-1-2-10(8-11)6-7-16-13-5-4-12(17(19)20)9-14(13)18(21)22/h1-5,8-9,16H,6-7H2. The number of nitro benzene ring substituents is 2. The molecule has 0 saturated carbocycles. The van der Waals surface area contributed by atoms with Crippen molar-refractivity contribution in [3.8, 4) is 0 Å². The molecule has 1 N–H and O–H groups in total. The molecule has 0 fully saturated rings. The predicted molar refractivity (Wildman–Crippen MR) is 78.3 cm³/mol. The number of hydrogen-bond acceptors (Lipinski definition) is 5. The van der Waals surface area contributed by atoms with E-state index in [1.165, 1.54) is 24.3 Å². The lowest BCUT2D eigenvalue weighted by molar-refractivity contribution is -0.393. The Bertz CT molecular complexity index is 721. The Morgan fingerprint density at radius 2 is 1.82 bits per heavy atom. The number of nitrogens with one attached hydrogen (secondary N) is 1. The van der Waals surface area contributed by atoms with E-state index in [4.69, 9.17) is 0 Å². The summed E-state index contributed by atoms with van der Waals surface area (Å²) in [5, 5.41) is 24.5. The highest BCUT2D eigenvalue weighted by atomic mass is 19.1. The smallest absolute Gasteiger partial charge is 0.299 e. The van der Waals surface area contributed by atoms with Crippen molar-refractivity contribution in [2.45, 2.75) is 6.42 Å². The molecule has 114 valence electrons. The van der Waals surface area contributed by atoms with Crippen LogP contribution in [-0.4, -0.2) is 16.4 Å². The fourth-order valence-electron chi connectivity index (χ4n) is 1.97. The second-order valence-corrected chi connectivity index (χ2v) is 4.52. The van der Waals surface area contributed by atoms with E-state index in [2.05, 4.69) is 5.32 Å². The largest absolute Gasteiger partial charge is 0.379 e. The highest BCUT2D eigenvalue weighted by molar-refractivity contribution is 5.65. The molecule has 0 atom stereocenters. The van der Waals surface area contributed by atoms with Gasteiger partial charge in [-0.2, -0.15) is 0 Å². The van der Waals surface area contributed by atoms with Crippen molar-refractivity contribution in [2.75, 3.05) is 11.9 Å². The van der Waals surface area contributed by atoms with Crippen molar-refractivity contribution < 1.29 is 14.2 Å². The highest BCUT2D eigenvalue weighted by Crippen LogP contribution is 2.28. The maximum Gasteiger partial charge on any atom is 0.299 e. The number of halogens is 1. The van der Waals surface area contributed by atoms with Crippen LogP contribution in [0.4, 0.5) is 21.5 Å². The van der Waals surface area contributed by atoms with Crippen LogP contribution in [0.3, 0.4) is 0 Å². The molecule has 0 spiro atoms. The zero-order valence-electron chi connectivity index (χ0n) is 11.4. The molecule has 0 aromatic heterocycles. The summed E-state index contributed by atoms with van der Waals surface area (Å²) in [5.74, 6) is -0.348. The van der Waals surface area contributed by atoms with Crippen molar-refractivity contribution in [3.63, 3.8) is 0 Å². The fraction of sp³-hybridized carbons (Fsp3) is 0.143. The van der Waals surface area contributed by atoms with Crippen LogP contribution < -0.4 is 5.32 Å². The molecule has 0 aliphatic rings. The summed E-state index contributed by atoms with van der Waals surface area (Å²) in [6, 6.07) is 9.43. The van der Waals surface area contributed by atoms with Crippen LogP contribution in [0.2, 0.25) is 0 Å². The van der Waals surface area contributed by atoms with E-state index in [1.807, 2.05) is 0 Å². The zero-order valence-corrected chi connectivity index (χ0v) is 11.4. The quantitative estimate of drug-likeness (QED) is 0.652. The third-order valence-electron chi connectivity index (χ3n) is 3.01. The lowest BCUT2D eigenvalue weighted by Crippen LogP contribution is -2.07. The van der Waals surface area contributed by atoms with Gasteiger partial charge in [0.05, 0.1) is 15.9 Å². The average Bonchev–Trinajstić information content (AvgIpc) is 2.47. The maximum absolute atomic E-state index is 13.0. The van der Waals surface area contributed by atoms with Crippen molar-refractivity contribution in [1.82, 2.24) is 0 Å². The molecule has 7 nitrogen and oxygen atoms in total. The Balaban J connectivity index is 2.09. The summed E-state index contributed by atoms with van der Waals surface area (Å²) in [5.41, 5.74) is 0.222. The predicted octanol–water partition coefficient (Wildman–Crippen LogP) is 3.30.